The van der Waals surface area contributed by atoms with Crippen molar-refractivity contribution in [2.45, 2.75) is 84.0 Å². The van der Waals surface area contributed by atoms with Crippen LogP contribution in [0.3, 0.4) is 0 Å². The summed E-state index contributed by atoms with van der Waals surface area (Å²) in [6.45, 7) is 6.83. The maximum atomic E-state index is 11.2. The van der Waals surface area contributed by atoms with Crippen LogP contribution in [0.5, 0.6) is 0 Å². The number of halogens is 1. The Morgan fingerprint density at radius 2 is 1.56 bits per heavy atom. The van der Waals surface area contributed by atoms with E-state index in [1.165, 1.54) is 54.4 Å². The van der Waals surface area contributed by atoms with Crippen molar-refractivity contribution in [2.75, 3.05) is 4.43 Å². The molecule has 192 valence electrons. The number of alkyl halides is 1. The van der Waals surface area contributed by atoms with Gasteiger partial charge in [0.15, 0.2) is 0 Å². The van der Waals surface area contributed by atoms with Crippen LogP contribution in [0.15, 0.2) is 46.6 Å². The molecule has 0 aromatic heterocycles. The van der Waals surface area contributed by atoms with Crippen molar-refractivity contribution in [2.24, 2.45) is 22.0 Å². The highest BCUT2D eigenvalue weighted by atomic mass is 127. The third-order valence-electron chi connectivity index (χ3n) is 8.23. The van der Waals surface area contributed by atoms with E-state index >= 15 is 0 Å². The Hall–Kier alpha value is -1.54. The molecule has 36 heavy (non-hydrogen) atoms. The molecular formula is C28H39B2IN2O3. The summed E-state index contributed by atoms with van der Waals surface area (Å²) in [5.41, 5.74) is 6.13. The molecule has 0 spiro atoms. The van der Waals surface area contributed by atoms with Gasteiger partial charge < -0.3 is 5.02 Å². The molecule has 0 aliphatic heterocycles. The topological polar surface area (TPSA) is 79.1 Å². The van der Waals surface area contributed by atoms with Crippen LogP contribution >= 0.6 is 22.6 Å². The fraction of sp³-hybridized carbons (Fsp3) is 0.571. The first-order valence-corrected chi connectivity index (χ1v) is 15.1. The van der Waals surface area contributed by atoms with E-state index in [-0.39, 0.29) is 12.8 Å². The monoisotopic (exact) mass is 600 g/mol. The molecule has 0 heterocycles. The quantitative estimate of drug-likeness (QED) is 0.105. The number of unbranched alkanes of at least 4 members (excludes halogenated alkanes) is 1. The van der Waals surface area contributed by atoms with Crippen LogP contribution in [-0.2, 0) is 5.41 Å². The summed E-state index contributed by atoms with van der Waals surface area (Å²) in [5, 5.41) is 16.4. The first-order valence-electron chi connectivity index (χ1n) is 13.6. The highest BCUT2D eigenvalue weighted by Crippen LogP contribution is 2.55. The minimum Gasteiger partial charge on any atom is -0.425 e. The smallest absolute Gasteiger partial charge is 0.425 e. The molecule has 0 fully saturated rings. The van der Waals surface area contributed by atoms with E-state index in [4.69, 9.17) is 0 Å². The predicted molar refractivity (Wildman–Crippen MR) is 163 cm³/mol. The van der Waals surface area contributed by atoms with Gasteiger partial charge in [0.05, 0.1) is 0 Å². The molecule has 2 aromatic rings. The van der Waals surface area contributed by atoms with Crippen LogP contribution in [0, 0.1) is 21.6 Å². The summed E-state index contributed by atoms with van der Waals surface area (Å²) >= 11 is 2.47. The molecule has 3 rings (SSSR count). The predicted octanol–water partition coefficient (Wildman–Crippen LogP) is 6.39. The van der Waals surface area contributed by atoms with E-state index in [1.54, 1.807) is 0 Å². The van der Waals surface area contributed by atoms with E-state index in [0.29, 0.717) is 17.3 Å². The molecule has 0 bridgehead atoms. The number of hydrogen-bond acceptors (Lipinski definition) is 5. The van der Waals surface area contributed by atoms with Crippen LogP contribution in [0.2, 0.25) is 0 Å². The molecule has 3 unspecified atom stereocenters. The van der Waals surface area contributed by atoms with Crippen molar-refractivity contribution in [3.8, 4) is 11.1 Å². The summed E-state index contributed by atoms with van der Waals surface area (Å²) in [6.07, 6.45) is 10.2. The SMILES string of the molecule is CCCCC(CC)CC1(CC(CC)CCCI)c2cc(BN=O)ccc2-c2ccc(B(O)N=O)cc21. The summed E-state index contributed by atoms with van der Waals surface area (Å²) < 4.78 is 1.15. The Kier molecular flexibility index (Phi) is 11.2. The summed E-state index contributed by atoms with van der Waals surface area (Å²) in [6, 6.07) is 12.3. The number of rotatable bonds is 16. The Morgan fingerprint density at radius 3 is 2.11 bits per heavy atom. The minimum atomic E-state index is -1.37. The Balaban J connectivity index is 2.26. The summed E-state index contributed by atoms with van der Waals surface area (Å²) in [5.74, 6) is 1.13. The van der Waals surface area contributed by atoms with Crippen molar-refractivity contribution in [1.82, 2.24) is 0 Å². The molecule has 0 radical (unpaired) electrons. The Morgan fingerprint density at radius 1 is 0.944 bits per heavy atom. The zero-order chi connectivity index (χ0) is 26.1. The van der Waals surface area contributed by atoms with E-state index in [1.807, 2.05) is 18.2 Å². The third kappa shape index (κ3) is 6.29. The van der Waals surface area contributed by atoms with Gasteiger partial charge in [-0.05, 0) is 69.7 Å². The lowest BCUT2D eigenvalue weighted by Gasteiger charge is -2.39. The first-order chi connectivity index (χ1) is 17.5. The van der Waals surface area contributed by atoms with E-state index in [9.17, 15) is 14.8 Å². The van der Waals surface area contributed by atoms with Gasteiger partial charge in [0.2, 0.25) is 0 Å². The lowest BCUT2D eigenvalue weighted by Crippen LogP contribution is -2.35. The standard InChI is InChI=1S/C28H39B2IN2O3/c1-4-7-9-20(5-2)18-28(19-21(6-3)10-8-15-31)26-16-22(29-32-35)11-13-24(26)25-14-12-23(17-27(25)28)30(34)33-36/h11-14,16-17,20-21,29,34H,4-10,15,18-19H2,1-3H3. The van der Waals surface area contributed by atoms with Crippen LogP contribution < -0.4 is 10.9 Å². The van der Waals surface area contributed by atoms with Crippen LogP contribution in [0.4, 0.5) is 0 Å². The lowest BCUT2D eigenvalue weighted by atomic mass is 9.63. The van der Waals surface area contributed by atoms with Crippen molar-refractivity contribution < 1.29 is 5.02 Å². The minimum absolute atomic E-state index is 0.164. The molecule has 8 heteroatoms. The van der Waals surface area contributed by atoms with Crippen molar-refractivity contribution >= 4 is 48.0 Å². The summed E-state index contributed by atoms with van der Waals surface area (Å²) in [7, 11) is -1.20. The molecule has 1 aliphatic rings. The molecule has 2 aromatic carbocycles. The van der Waals surface area contributed by atoms with E-state index in [0.717, 1.165) is 35.6 Å². The fourth-order valence-corrected chi connectivity index (χ4v) is 6.66. The molecule has 0 saturated carbocycles. The van der Waals surface area contributed by atoms with Gasteiger partial charge in [-0.25, -0.2) is 0 Å². The maximum absolute atomic E-state index is 11.2. The lowest BCUT2D eigenvalue weighted by molar-refractivity contribution is 0.268. The zero-order valence-corrected chi connectivity index (χ0v) is 24.2. The number of hydrogen-bond donors (Lipinski definition) is 1. The van der Waals surface area contributed by atoms with Crippen molar-refractivity contribution in [3.05, 3.63) is 57.3 Å². The normalized spacial score (nSPS) is 17.7. The third-order valence-corrected chi connectivity index (χ3v) is 9.00. The van der Waals surface area contributed by atoms with Crippen molar-refractivity contribution in [3.63, 3.8) is 0 Å². The zero-order valence-electron chi connectivity index (χ0n) is 22.0. The van der Waals surface area contributed by atoms with Gasteiger partial charge in [0.1, 0.15) is 0 Å². The second-order valence-corrected chi connectivity index (χ2v) is 11.5. The molecule has 1 N–H and O–H groups in total. The highest BCUT2D eigenvalue weighted by molar-refractivity contribution is 14.1. The molecule has 0 saturated heterocycles. The van der Waals surface area contributed by atoms with Gasteiger partial charge in [-0.3, -0.25) is 0 Å². The Labute approximate surface area is 231 Å². The van der Waals surface area contributed by atoms with Gasteiger partial charge >= 0.3 is 14.5 Å². The molecule has 1 aliphatic carbocycles. The van der Waals surface area contributed by atoms with Crippen LogP contribution in [0.25, 0.3) is 11.1 Å². The van der Waals surface area contributed by atoms with E-state index in [2.05, 4.69) is 71.7 Å². The highest BCUT2D eigenvalue weighted by Gasteiger charge is 2.45. The van der Waals surface area contributed by atoms with Gasteiger partial charge in [0.25, 0.3) is 0 Å². The first kappa shape index (κ1) is 29.0. The molecule has 5 nitrogen and oxygen atoms in total. The molecular weight excluding hydrogens is 561 g/mol. The fourth-order valence-electron chi connectivity index (χ4n) is 6.22. The summed E-state index contributed by atoms with van der Waals surface area (Å²) in [4.78, 5) is 22.4. The van der Waals surface area contributed by atoms with Crippen molar-refractivity contribution in [1.29, 1.82) is 0 Å². The Bertz CT molecular complexity index is 1020. The number of nitroso groups, excluding NO2 is 2. The number of nitrogens with zero attached hydrogens (tertiary/aromatic N) is 2. The maximum Gasteiger partial charge on any atom is 0.517 e. The van der Waals surface area contributed by atoms with E-state index < -0.39 is 7.05 Å². The van der Waals surface area contributed by atoms with Gasteiger partial charge in [-0.1, -0.05) is 122 Å². The average molecular weight is 600 g/mol. The number of benzene rings is 2. The van der Waals surface area contributed by atoms with Crippen LogP contribution in [0.1, 0.15) is 89.7 Å². The van der Waals surface area contributed by atoms with Crippen LogP contribution in [-0.4, -0.2) is 23.9 Å². The van der Waals surface area contributed by atoms with Gasteiger partial charge in [-0.15, -0.1) is 5.09 Å². The molecule has 0 amide bonds. The van der Waals surface area contributed by atoms with Gasteiger partial charge in [-0.2, -0.15) is 9.81 Å². The largest absolute Gasteiger partial charge is 0.517 e. The molecule has 3 atom stereocenters. The second kappa shape index (κ2) is 13.8. The van der Waals surface area contributed by atoms with Gasteiger partial charge in [0, 0.05) is 5.41 Å². The second-order valence-electron chi connectivity index (χ2n) is 10.5. The number of fused-ring (bicyclic) bond motifs is 3. The average Bonchev–Trinajstić information content (AvgIpc) is 3.16.